The van der Waals surface area contributed by atoms with E-state index >= 15 is 0 Å². The van der Waals surface area contributed by atoms with Gasteiger partial charge in [-0.05, 0) is 55.9 Å². The summed E-state index contributed by atoms with van der Waals surface area (Å²) in [7, 11) is 0. The maximum atomic E-state index is 12.5. The average molecular weight is 347 g/mol. The minimum atomic E-state index is -0.151. The molecule has 138 valence electrons. The number of likely N-dealkylation sites (tertiary alicyclic amines) is 1. The van der Waals surface area contributed by atoms with Gasteiger partial charge in [0.05, 0.1) is 0 Å². The van der Waals surface area contributed by atoms with Crippen LogP contribution in [-0.4, -0.2) is 41.1 Å². The molecule has 25 heavy (non-hydrogen) atoms. The van der Waals surface area contributed by atoms with Gasteiger partial charge in [0.2, 0.25) is 5.91 Å². The van der Waals surface area contributed by atoms with Crippen LogP contribution in [0, 0.1) is 11.8 Å². The molecule has 0 aromatic heterocycles. The lowest BCUT2D eigenvalue weighted by Gasteiger charge is -2.37. The van der Waals surface area contributed by atoms with Crippen molar-refractivity contribution in [3.63, 3.8) is 0 Å². The van der Waals surface area contributed by atoms with E-state index in [-0.39, 0.29) is 30.5 Å². The third-order valence-corrected chi connectivity index (χ3v) is 4.51. The summed E-state index contributed by atoms with van der Waals surface area (Å²) in [6.07, 6.45) is 2.34. The minimum Gasteiger partial charge on any atom is -0.396 e. The molecular weight excluding hydrogens is 318 g/mol. The summed E-state index contributed by atoms with van der Waals surface area (Å²) < 4.78 is 0. The van der Waals surface area contributed by atoms with Crippen LogP contribution in [0.1, 0.15) is 40.0 Å². The molecule has 1 aliphatic rings. The Bertz CT molecular complexity index is 586. The Morgan fingerprint density at radius 2 is 1.76 bits per heavy atom. The van der Waals surface area contributed by atoms with Gasteiger partial charge in [0.25, 0.3) is 0 Å². The molecule has 0 saturated carbocycles. The van der Waals surface area contributed by atoms with Crippen molar-refractivity contribution in [2.24, 2.45) is 11.8 Å². The summed E-state index contributed by atoms with van der Waals surface area (Å²) in [5.74, 6) is 0.456. The molecule has 6 heteroatoms. The lowest BCUT2D eigenvalue weighted by atomic mass is 9.94. The van der Waals surface area contributed by atoms with Gasteiger partial charge in [0, 0.05) is 37.0 Å². The van der Waals surface area contributed by atoms with Crippen LogP contribution in [-0.2, 0) is 4.79 Å². The van der Waals surface area contributed by atoms with Crippen molar-refractivity contribution in [3.05, 3.63) is 24.3 Å². The van der Waals surface area contributed by atoms with Crippen LogP contribution in [0.5, 0.6) is 0 Å². The van der Waals surface area contributed by atoms with E-state index in [9.17, 15) is 14.7 Å². The first-order valence-electron chi connectivity index (χ1n) is 8.97. The van der Waals surface area contributed by atoms with Crippen LogP contribution in [0.15, 0.2) is 24.3 Å². The third kappa shape index (κ3) is 5.74. The first-order valence-corrected chi connectivity index (χ1v) is 8.97. The second kappa shape index (κ2) is 8.85. The number of piperidine rings is 1. The summed E-state index contributed by atoms with van der Waals surface area (Å²) >= 11 is 0. The fourth-order valence-corrected chi connectivity index (χ4v) is 3.03. The Kier molecular flexibility index (Phi) is 6.82. The van der Waals surface area contributed by atoms with E-state index in [0.717, 1.165) is 18.5 Å². The van der Waals surface area contributed by atoms with Crippen molar-refractivity contribution in [1.29, 1.82) is 0 Å². The van der Waals surface area contributed by atoms with Gasteiger partial charge in [0.1, 0.15) is 0 Å². The number of amides is 3. The molecule has 3 amide bonds. The van der Waals surface area contributed by atoms with Crippen molar-refractivity contribution in [1.82, 2.24) is 4.90 Å². The predicted octanol–water partition coefficient (Wildman–Crippen LogP) is 3.30. The van der Waals surface area contributed by atoms with Gasteiger partial charge < -0.3 is 20.6 Å². The van der Waals surface area contributed by atoms with E-state index in [1.807, 2.05) is 20.8 Å². The van der Waals surface area contributed by atoms with Crippen LogP contribution < -0.4 is 10.6 Å². The normalized spacial score (nSPS) is 20.4. The number of aliphatic hydroxyl groups excluding tert-OH is 1. The van der Waals surface area contributed by atoms with E-state index in [1.165, 1.54) is 0 Å². The summed E-state index contributed by atoms with van der Waals surface area (Å²) in [6.45, 7) is 6.72. The standard InChI is InChI=1S/C19H29N3O3/c1-13(2)10-18(24)20-16-6-8-17(9-7-16)21-19(25)22-11-15(12-23)5-4-14(22)3/h6-9,13-15,23H,4-5,10-12H2,1-3H3,(H,20,24)(H,21,25)/t14-,15-/m1/s1. The van der Waals surface area contributed by atoms with Crippen molar-refractivity contribution in [2.45, 2.75) is 46.1 Å². The highest BCUT2D eigenvalue weighted by Crippen LogP contribution is 2.23. The Hall–Kier alpha value is -2.08. The third-order valence-electron chi connectivity index (χ3n) is 4.51. The molecule has 0 bridgehead atoms. The topological polar surface area (TPSA) is 81.7 Å². The minimum absolute atomic E-state index is 0.0102. The Morgan fingerprint density at radius 1 is 1.16 bits per heavy atom. The maximum absolute atomic E-state index is 12.5. The highest BCUT2D eigenvalue weighted by atomic mass is 16.3. The molecule has 1 aliphatic heterocycles. The number of nitrogens with zero attached hydrogens (tertiary/aromatic N) is 1. The molecular formula is C19H29N3O3. The van der Waals surface area contributed by atoms with Gasteiger partial charge in [-0.1, -0.05) is 13.8 Å². The average Bonchev–Trinajstić information content (AvgIpc) is 2.56. The molecule has 6 nitrogen and oxygen atoms in total. The highest BCUT2D eigenvalue weighted by molar-refractivity contribution is 5.92. The molecule has 3 N–H and O–H groups in total. The molecule has 0 unspecified atom stereocenters. The predicted molar refractivity (Wildman–Crippen MR) is 99.5 cm³/mol. The number of rotatable bonds is 5. The summed E-state index contributed by atoms with van der Waals surface area (Å²) in [5.41, 5.74) is 1.40. The van der Waals surface area contributed by atoms with Crippen LogP contribution in [0.3, 0.4) is 0 Å². The number of anilines is 2. The van der Waals surface area contributed by atoms with Gasteiger partial charge in [-0.2, -0.15) is 0 Å². The number of aliphatic hydroxyl groups is 1. The molecule has 0 radical (unpaired) electrons. The fourth-order valence-electron chi connectivity index (χ4n) is 3.03. The molecule has 0 aliphatic carbocycles. The van der Waals surface area contributed by atoms with Crippen LogP contribution >= 0.6 is 0 Å². The molecule has 1 aromatic carbocycles. The summed E-state index contributed by atoms with van der Waals surface area (Å²) in [5, 5.41) is 15.1. The number of nitrogens with one attached hydrogen (secondary N) is 2. The number of carbonyl (C=O) groups is 2. The fraction of sp³-hybridized carbons (Fsp3) is 0.579. The van der Waals surface area contributed by atoms with Gasteiger partial charge >= 0.3 is 6.03 Å². The van der Waals surface area contributed by atoms with E-state index in [2.05, 4.69) is 10.6 Å². The first kappa shape index (κ1) is 19.2. The van der Waals surface area contributed by atoms with Crippen LogP contribution in [0.25, 0.3) is 0 Å². The Labute approximate surface area is 149 Å². The smallest absolute Gasteiger partial charge is 0.322 e. The molecule has 2 rings (SSSR count). The lowest BCUT2D eigenvalue weighted by Crippen LogP contribution is -2.48. The van der Waals surface area contributed by atoms with Crippen molar-refractivity contribution >= 4 is 23.3 Å². The number of carbonyl (C=O) groups excluding carboxylic acids is 2. The summed E-state index contributed by atoms with van der Waals surface area (Å²) in [4.78, 5) is 26.0. The SMILES string of the molecule is CC(C)CC(=O)Nc1ccc(NC(=O)N2C[C@H](CO)CC[C@H]2C)cc1. The first-order chi connectivity index (χ1) is 11.9. The van der Waals surface area contributed by atoms with E-state index in [4.69, 9.17) is 0 Å². The molecule has 1 fully saturated rings. The number of urea groups is 1. The monoisotopic (exact) mass is 347 g/mol. The van der Waals surface area contributed by atoms with Crippen LogP contribution in [0.4, 0.5) is 16.2 Å². The van der Waals surface area contributed by atoms with Crippen LogP contribution in [0.2, 0.25) is 0 Å². The zero-order valence-electron chi connectivity index (χ0n) is 15.3. The Morgan fingerprint density at radius 3 is 2.32 bits per heavy atom. The zero-order chi connectivity index (χ0) is 18.4. The van der Waals surface area contributed by atoms with Crippen molar-refractivity contribution < 1.29 is 14.7 Å². The van der Waals surface area contributed by atoms with Gasteiger partial charge in [0.15, 0.2) is 0 Å². The number of hydrogen-bond donors (Lipinski definition) is 3. The van der Waals surface area contributed by atoms with E-state index < -0.39 is 0 Å². The van der Waals surface area contributed by atoms with E-state index in [0.29, 0.717) is 24.6 Å². The van der Waals surface area contributed by atoms with E-state index in [1.54, 1.807) is 29.2 Å². The molecule has 1 saturated heterocycles. The second-order valence-corrected chi connectivity index (χ2v) is 7.28. The Balaban J connectivity index is 1.91. The summed E-state index contributed by atoms with van der Waals surface area (Å²) in [6, 6.07) is 7.13. The quantitative estimate of drug-likeness (QED) is 0.764. The number of hydrogen-bond acceptors (Lipinski definition) is 3. The molecule has 0 spiro atoms. The van der Waals surface area contributed by atoms with Crippen molar-refractivity contribution in [3.8, 4) is 0 Å². The second-order valence-electron chi connectivity index (χ2n) is 7.28. The highest BCUT2D eigenvalue weighted by Gasteiger charge is 2.28. The molecule has 1 heterocycles. The van der Waals surface area contributed by atoms with Crippen molar-refractivity contribution in [2.75, 3.05) is 23.8 Å². The molecule has 2 atom stereocenters. The zero-order valence-corrected chi connectivity index (χ0v) is 15.3. The lowest BCUT2D eigenvalue weighted by molar-refractivity contribution is -0.116. The number of benzene rings is 1. The van der Waals surface area contributed by atoms with Gasteiger partial charge in [-0.25, -0.2) is 4.79 Å². The molecule has 1 aromatic rings. The largest absolute Gasteiger partial charge is 0.396 e. The van der Waals surface area contributed by atoms with Gasteiger partial charge in [-0.3, -0.25) is 4.79 Å². The van der Waals surface area contributed by atoms with Gasteiger partial charge in [-0.15, -0.1) is 0 Å². The maximum Gasteiger partial charge on any atom is 0.322 e.